The van der Waals surface area contributed by atoms with Gasteiger partial charge >= 0.3 is 0 Å². The number of methoxy groups -OCH3 is 1. The number of hydrogen-bond donors (Lipinski definition) is 4. The predicted molar refractivity (Wildman–Crippen MR) is 177 cm³/mol. The standard InChI is InChI=1S/C30H46O10.2C2H6O/c1-2-37-27-9-7-25(23-29(27)39-21-18-35-15-12-32)5-3-4-6-26-8-10-28(38-20-17-34-14-11-31)30(24-26)40-22-19-36-16-13-33;1-3-2;1-2-3/h7-10,23-24,31-33H,2-6,11-22H2,1H3;1-2H3;3H,2H2,1H3. The Balaban J connectivity index is 0.00000312. The van der Waals surface area contributed by atoms with Crippen LogP contribution in [0.3, 0.4) is 0 Å². The smallest absolute Gasteiger partial charge is 0.161 e. The molecule has 2 aromatic rings. The Labute approximate surface area is 275 Å². The van der Waals surface area contributed by atoms with Crippen molar-refractivity contribution >= 4 is 0 Å². The fraction of sp³-hybridized carbons (Fsp3) is 0.647. The number of aliphatic hydroxyl groups excluding tert-OH is 4. The molecule has 0 spiro atoms. The first kappa shape index (κ1) is 43.3. The number of aliphatic hydroxyl groups is 4. The number of hydrogen-bond acceptors (Lipinski definition) is 12. The molecule has 12 nitrogen and oxygen atoms in total. The van der Waals surface area contributed by atoms with Gasteiger partial charge in [0.2, 0.25) is 0 Å². The van der Waals surface area contributed by atoms with E-state index in [0.29, 0.717) is 75.9 Å². The molecular formula is C34H58O12. The number of rotatable bonds is 25. The zero-order valence-corrected chi connectivity index (χ0v) is 28.2. The van der Waals surface area contributed by atoms with E-state index in [2.05, 4.69) is 10.8 Å². The molecule has 46 heavy (non-hydrogen) atoms. The summed E-state index contributed by atoms with van der Waals surface area (Å²) in [7, 11) is 3.25. The van der Waals surface area contributed by atoms with Crippen LogP contribution >= 0.6 is 0 Å². The van der Waals surface area contributed by atoms with E-state index in [4.69, 9.17) is 53.6 Å². The summed E-state index contributed by atoms with van der Waals surface area (Å²) in [5.41, 5.74) is 2.32. The van der Waals surface area contributed by atoms with Gasteiger partial charge in [-0.3, -0.25) is 0 Å². The molecule has 0 aromatic heterocycles. The summed E-state index contributed by atoms with van der Waals surface area (Å²) in [4.78, 5) is 0. The van der Waals surface area contributed by atoms with Crippen LogP contribution in [0.5, 0.6) is 23.0 Å². The zero-order valence-electron chi connectivity index (χ0n) is 28.2. The summed E-state index contributed by atoms with van der Waals surface area (Å²) in [5.74, 6) is 2.68. The van der Waals surface area contributed by atoms with Crippen LogP contribution in [0.15, 0.2) is 36.4 Å². The molecule has 0 bridgehead atoms. The first-order chi connectivity index (χ1) is 22.5. The van der Waals surface area contributed by atoms with Crippen molar-refractivity contribution in [3.63, 3.8) is 0 Å². The van der Waals surface area contributed by atoms with Gasteiger partial charge in [0.25, 0.3) is 0 Å². The van der Waals surface area contributed by atoms with Crippen molar-refractivity contribution in [1.29, 1.82) is 0 Å². The molecule has 0 heterocycles. The monoisotopic (exact) mass is 658 g/mol. The highest BCUT2D eigenvalue weighted by molar-refractivity contribution is 5.44. The highest BCUT2D eigenvalue weighted by Crippen LogP contribution is 2.31. The Hall–Kier alpha value is -2.68. The van der Waals surface area contributed by atoms with Gasteiger partial charge in [-0.1, -0.05) is 12.1 Å². The summed E-state index contributed by atoms with van der Waals surface area (Å²) < 4.78 is 43.4. The molecule has 0 aliphatic heterocycles. The molecule has 266 valence electrons. The third kappa shape index (κ3) is 22.8. The van der Waals surface area contributed by atoms with Crippen molar-refractivity contribution in [1.82, 2.24) is 0 Å². The van der Waals surface area contributed by atoms with Gasteiger partial charge in [-0.25, -0.2) is 0 Å². The van der Waals surface area contributed by atoms with E-state index in [1.807, 2.05) is 37.3 Å². The van der Waals surface area contributed by atoms with Gasteiger partial charge in [0, 0.05) is 20.8 Å². The third-order valence-corrected chi connectivity index (χ3v) is 5.66. The molecule has 0 aliphatic rings. The van der Waals surface area contributed by atoms with E-state index in [9.17, 15) is 0 Å². The molecule has 2 aromatic carbocycles. The van der Waals surface area contributed by atoms with E-state index in [1.54, 1.807) is 21.1 Å². The Bertz CT molecular complexity index is 942. The quantitative estimate of drug-likeness (QED) is 0.116. The predicted octanol–water partition coefficient (Wildman–Crippen LogP) is 3.08. The largest absolute Gasteiger partial charge is 0.490 e. The first-order valence-corrected chi connectivity index (χ1v) is 15.9. The van der Waals surface area contributed by atoms with Crippen LogP contribution in [0.25, 0.3) is 0 Å². The molecule has 0 aliphatic carbocycles. The van der Waals surface area contributed by atoms with Gasteiger partial charge < -0.3 is 58.3 Å². The topological polar surface area (TPSA) is 155 Å². The molecule has 2 rings (SSSR count). The second-order valence-corrected chi connectivity index (χ2v) is 9.48. The molecule has 0 saturated heterocycles. The van der Waals surface area contributed by atoms with Crippen LogP contribution in [-0.4, -0.2) is 127 Å². The molecule has 12 heteroatoms. The number of aryl methyl sites for hydroxylation is 2. The number of benzene rings is 2. The number of unbranched alkanes of at least 4 members (excludes halogenated alkanes) is 1. The maximum atomic E-state index is 8.87. The highest BCUT2D eigenvalue weighted by Gasteiger charge is 2.10. The van der Waals surface area contributed by atoms with E-state index in [1.165, 1.54) is 5.56 Å². The summed E-state index contributed by atoms with van der Waals surface area (Å²) in [6.45, 7) is 7.44. The maximum Gasteiger partial charge on any atom is 0.161 e. The SMILES string of the molecule is CCO.CCOc1ccc(CCCCc2ccc(OCCOCCO)c(OCCOCCO)c2)cc1OCCOCCO.COC. The van der Waals surface area contributed by atoms with Crippen molar-refractivity contribution in [2.24, 2.45) is 0 Å². The van der Waals surface area contributed by atoms with Gasteiger partial charge in [0.1, 0.15) is 19.8 Å². The van der Waals surface area contributed by atoms with Crippen LogP contribution in [0.1, 0.15) is 37.8 Å². The lowest BCUT2D eigenvalue weighted by Gasteiger charge is -2.15. The molecule has 0 saturated carbocycles. The second kappa shape index (κ2) is 32.3. The molecule has 0 radical (unpaired) electrons. The van der Waals surface area contributed by atoms with Gasteiger partial charge in [-0.2, -0.15) is 0 Å². The lowest BCUT2D eigenvalue weighted by atomic mass is 10.0. The third-order valence-electron chi connectivity index (χ3n) is 5.66. The number of ether oxygens (including phenoxy) is 8. The van der Waals surface area contributed by atoms with Crippen molar-refractivity contribution in [3.8, 4) is 23.0 Å². The zero-order chi connectivity index (χ0) is 34.1. The molecule has 0 fully saturated rings. The summed E-state index contributed by atoms with van der Waals surface area (Å²) in [6.07, 6.45) is 3.79. The maximum absolute atomic E-state index is 8.87. The van der Waals surface area contributed by atoms with Crippen LogP contribution in [0, 0.1) is 0 Å². The fourth-order valence-corrected chi connectivity index (χ4v) is 3.83. The first-order valence-electron chi connectivity index (χ1n) is 15.9. The van der Waals surface area contributed by atoms with Crippen LogP contribution in [-0.2, 0) is 31.8 Å². The highest BCUT2D eigenvalue weighted by atomic mass is 16.6. The molecule has 0 unspecified atom stereocenters. The van der Waals surface area contributed by atoms with Crippen LogP contribution < -0.4 is 18.9 Å². The van der Waals surface area contributed by atoms with Crippen molar-refractivity contribution in [2.45, 2.75) is 39.5 Å². The minimum absolute atomic E-state index is 0.00607. The van der Waals surface area contributed by atoms with Crippen molar-refractivity contribution in [2.75, 3.05) is 107 Å². The molecule has 0 atom stereocenters. The minimum atomic E-state index is -0.0247. The van der Waals surface area contributed by atoms with Crippen LogP contribution in [0.2, 0.25) is 0 Å². The molecule has 4 N–H and O–H groups in total. The van der Waals surface area contributed by atoms with Crippen molar-refractivity contribution < 1.29 is 58.3 Å². The Morgan fingerprint density at radius 3 is 1.17 bits per heavy atom. The second-order valence-electron chi connectivity index (χ2n) is 9.48. The lowest BCUT2D eigenvalue weighted by molar-refractivity contribution is 0.0644. The van der Waals surface area contributed by atoms with Crippen molar-refractivity contribution in [3.05, 3.63) is 47.5 Å². The van der Waals surface area contributed by atoms with Crippen LogP contribution in [0.4, 0.5) is 0 Å². The minimum Gasteiger partial charge on any atom is -0.490 e. The van der Waals surface area contributed by atoms with E-state index in [0.717, 1.165) is 31.2 Å². The lowest BCUT2D eigenvalue weighted by Crippen LogP contribution is -2.12. The fourth-order valence-electron chi connectivity index (χ4n) is 3.83. The summed E-state index contributed by atoms with van der Waals surface area (Å²) in [6, 6.07) is 12.0. The normalized spacial score (nSPS) is 10.3. The molecule has 0 amide bonds. The van der Waals surface area contributed by atoms with Gasteiger partial charge in [0.15, 0.2) is 23.0 Å². The summed E-state index contributed by atoms with van der Waals surface area (Å²) in [5, 5.41) is 34.1. The van der Waals surface area contributed by atoms with E-state index < -0.39 is 0 Å². The average Bonchev–Trinajstić information content (AvgIpc) is 3.05. The summed E-state index contributed by atoms with van der Waals surface area (Å²) >= 11 is 0. The van der Waals surface area contributed by atoms with Gasteiger partial charge in [-0.15, -0.1) is 0 Å². The van der Waals surface area contributed by atoms with Gasteiger partial charge in [-0.05, 0) is 74.9 Å². The Morgan fingerprint density at radius 2 is 0.826 bits per heavy atom. The van der Waals surface area contributed by atoms with E-state index >= 15 is 0 Å². The average molecular weight is 659 g/mol. The van der Waals surface area contributed by atoms with Gasteiger partial charge in [0.05, 0.1) is 66.1 Å². The molecular weight excluding hydrogens is 600 g/mol. The van der Waals surface area contributed by atoms with E-state index in [-0.39, 0.29) is 39.6 Å². The Kier molecular flexibility index (Phi) is 30.4. The Morgan fingerprint density at radius 1 is 0.478 bits per heavy atom.